The predicted octanol–water partition coefficient (Wildman–Crippen LogP) is 2.73. The zero-order valence-electron chi connectivity index (χ0n) is 8.20. The molecule has 0 unspecified atom stereocenters. The molecule has 14 heavy (non-hydrogen) atoms. The van der Waals surface area contributed by atoms with Gasteiger partial charge in [-0.1, -0.05) is 0 Å². The molecular weight excluding hydrogens is 218 g/mol. The van der Waals surface area contributed by atoms with Crippen LogP contribution < -0.4 is 0 Å². The summed E-state index contributed by atoms with van der Waals surface area (Å²) in [7, 11) is 1.83. The number of alkyl halides is 1. The molecule has 1 rings (SSSR count). The number of halogens is 1. The van der Waals surface area contributed by atoms with E-state index in [4.69, 9.17) is 11.6 Å². The Morgan fingerprint density at radius 3 is 3.00 bits per heavy atom. The highest BCUT2D eigenvalue weighted by atomic mass is 35.5. The molecule has 1 aromatic rings. The van der Waals surface area contributed by atoms with Gasteiger partial charge in [-0.3, -0.25) is 4.79 Å². The van der Waals surface area contributed by atoms with Crippen LogP contribution in [0.1, 0.15) is 18.4 Å². The summed E-state index contributed by atoms with van der Waals surface area (Å²) >= 11 is 7.18. The summed E-state index contributed by atoms with van der Waals surface area (Å²) < 4.78 is 0. The molecule has 4 heteroatoms. The smallest absolute Gasteiger partial charge is 0.222 e. The second-order valence-electron chi connectivity index (χ2n) is 3.17. The third-order valence-corrected chi connectivity index (χ3v) is 2.95. The molecule has 0 radical (unpaired) electrons. The maximum atomic E-state index is 11.5. The van der Waals surface area contributed by atoms with Crippen molar-refractivity contribution in [1.29, 1.82) is 0 Å². The molecule has 1 aromatic heterocycles. The van der Waals surface area contributed by atoms with Gasteiger partial charge in [-0.25, -0.2) is 0 Å². The lowest BCUT2D eigenvalue weighted by Gasteiger charge is -2.15. The normalized spacial score (nSPS) is 10.1. The van der Waals surface area contributed by atoms with Crippen LogP contribution >= 0.6 is 22.9 Å². The Balaban J connectivity index is 2.34. The lowest BCUT2D eigenvalue weighted by atomic mass is 10.2. The number of amides is 1. The summed E-state index contributed by atoms with van der Waals surface area (Å²) in [5.74, 6) is 0.717. The summed E-state index contributed by atoms with van der Waals surface area (Å²) in [4.78, 5) is 13.2. The first kappa shape index (κ1) is 11.5. The Hall–Kier alpha value is -0.540. The number of hydrogen-bond donors (Lipinski definition) is 0. The van der Waals surface area contributed by atoms with Crippen LogP contribution in [0.15, 0.2) is 16.8 Å². The van der Waals surface area contributed by atoms with Gasteiger partial charge in [-0.15, -0.1) is 11.6 Å². The highest BCUT2D eigenvalue weighted by molar-refractivity contribution is 7.07. The first-order valence-corrected chi connectivity index (χ1v) is 6.02. The van der Waals surface area contributed by atoms with Crippen molar-refractivity contribution in [2.75, 3.05) is 12.9 Å². The standard InChI is InChI=1S/C10H14ClNOS/c1-12(10(13)3-2-5-11)7-9-4-6-14-8-9/h4,6,8H,2-3,5,7H2,1H3. The van der Waals surface area contributed by atoms with E-state index in [1.54, 1.807) is 16.2 Å². The third-order valence-electron chi connectivity index (χ3n) is 1.95. The number of rotatable bonds is 5. The molecule has 0 aliphatic rings. The molecule has 78 valence electrons. The van der Waals surface area contributed by atoms with E-state index >= 15 is 0 Å². The molecule has 0 atom stereocenters. The number of nitrogens with zero attached hydrogens (tertiary/aromatic N) is 1. The second kappa shape index (κ2) is 6.04. The third kappa shape index (κ3) is 3.68. The molecule has 2 nitrogen and oxygen atoms in total. The molecule has 0 bridgehead atoms. The quantitative estimate of drug-likeness (QED) is 0.714. The first-order valence-electron chi connectivity index (χ1n) is 4.55. The Morgan fingerprint density at radius 1 is 1.64 bits per heavy atom. The van der Waals surface area contributed by atoms with E-state index in [2.05, 4.69) is 5.38 Å². The minimum absolute atomic E-state index is 0.164. The Morgan fingerprint density at radius 2 is 2.43 bits per heavy atom. The van der Waals surface area contributed by atoms with Crippen molar-refractivity contribution in [1.82, 2.24) is 4.90 Å². The number of carbonyl (C=O) groups excluding carboxylic acids is 1. The van der Waals surface area contributed by atoms with E-state index in [1.807, 2.05) is 18.5 Å². The Labute approximate surface area is 93.5 Å². The van der Waals surface area contributed by atoms with Crippen LogP contribution in [0.3, 0.4) is 0 Å². The van der Waals surface area contributed by atoms with Gasteiger partial charge in [-0.05, 0) is 28.8 Å². The molecule has 0 aromatic carbocycles. The summed E-state index contributed by atoms with van der Waals surface area (Å²) in [6.07, 6.45) is 1.30. The molecule has 0 aliphatic carbocycles. The van der Waals surface area contributed by atoms with Gasteiger partial charge in [0.25, 0.3) is 0 Å². The van der Waals surface area contributed by atoms with E-state index in [0.29, 0.717) is 18.8 Å². The van der Waals surface area contributed by atoms with E-state index in [-0.39, 0.29) is 5.91 Å². The van der Waals surface area contributed by atoms with E-state index in [0.717, 1.165) is 6.42 Å². The van der Waals surface area contributed by atoms with Gasteiger partial charge in [0.05, 0.1) is 0 Å². The lowest BCUT2D eigenvalue weighted by Crippen LogP contribution is -2.25. The molecule has 0 spiro atoms. The molecule has 0 aliphatic heterocycles. The Kier molecular flexibility index (Phi) is 4.98. The van der Waals surface area contributed by atoms with Crippen molar-refractivity contribution in [2.24, 2.45) is 0 Å². The predicted molar refractivity (Wildman–Crippen MR) is 60.7 cm³/mol. The van der Waals surface area contributed by atoms with Crippen molar-refractivity contribution < 1.29 is 4.79 Å². The first-order chi connectivity index (χ1) is 6.74. The van der Waals surface area contributed by atoms with Crippen LogP contribution in [0.2, 0.25) is 0 Å². The monoisotopic (exact) mass is 231 g/mol. The summed E-state index contributed by atoms with van der Waals surface area (Å²) in [6.45, 7) is 0.699. The van der Waals surface area contributed by atoms with Gasteiger partial charge >= 0.3 is 0 Å². The van der Waals surface area contributed by atoms with E-state index < -0.39 is 0 Å². The average Bonchev–Trinajstić information content (AvgIpc) is 2.66. The summed E-state index contributed by atoms with van der Waals surface area (Å²) in [5, 5.41) is 4.08. The fraction of sp³-hybridized carbons (Fsp3) is 0.500. The van der Waals surface area contributed by atoms with Crippen molar-refractivity contribution in [2.45, 2.75) is 19.4 Å². The fourth-order valence-corrected chi connectivity index (χ4v) is 1.95. The number of thiophene rings is 1. The van der Waals surface area contributed by atoms with Crippen LogP contribution in [0.5, 0.6) is 0 Å². The van der Waals surface area contributed by atoms with Crippen LogP contribution in [0, 0.1) is 0 Å². The molecule has 1 heterocycles. The second-order valence-corrected chi connectivity index (χ2v) is 4.33. The molecule has 0 saturated heterocycles. The zero-order chi connectivity index (χ0) is 10.4. The fourth-order valence-electron chi connectivity index (χ4n) is 1.15. The van der Waals surface area contributed by atoms with Gasteiger partial charge in [0.2, 0.25) is 5.91 Å². The molecule has 0 saturated carbocycles. The molecule has 1 amide bonds. The van der Waals surface area contributed by atoms with Crippen molar-refractivity contribution in [3.05, 3.63) is 22.4 Å². The number of carbonyl (C=O) groups is 1. The van der Waals surface area contributed by atoms with Crippen LogP contribution in [-0.4, -0.2) is 23.7 Å². The van der Waals surface area contributed by atoms with Gasteiger partial charge in [0.1, 0.15) is 0 Å². The summed E-state index contributed by atoms with van der Waals surface area (Å²) in [5.41, 5.74) is 1.19. The highest BCUT2D eigenvalue weighted by Gasteiger charge is 2.08. The minimum Gasteiger partial charge on any atom is -0.341 e. The molecule has 0 N–H and O–H groups in total. The minimum atomic E-state index is 0.164. The average molecular weight is 232 g/mol. The van der Waals surface area contributed by atoms with Crippen LogP contribution in [0.4, 0.5) is 0 Å². The van der Waals surface area contributed by atoms with Gasteiger partial charge in [-0.2, -0.15) is 11.3 Å². The van der Waals surface area contributed by atoms with Crippen LogP contribution in [-0.2, 0) is 11.3 Å². The topological polar surface area (TPSA) is 20.3 Å². The van der Waals surface area contributed by atoms with Crippen molar-refractivity contribution >= 4 is 28.8 Å². The maximum Gasteiger partial charge on any atom is 0.222 e. The SMILES string of the molecule is CN(Cc1ccsc1)C(=O)CCCCl. The number of hydrogen-bond acceptors (Lipinski definition) is 2. The van der Waals surface area contributed by atoms with Crippen molar-refractivity contribution in [3.8, 4) is 0 Å². The Bertz CT molecular complexity index is 274. The molecule has 0 fully saturated rings. The largest absolute Gasteiger partial charge is 0.341 e. The van der Waals surface area contributed by atoms with Gasteiger partial charge in [0, 0.05) is 25.9 Å². The van der Waals surface area contributed by atoms with E-state index in [1.165, 1.54) is 5.56 Å². The van der Waals surface area contributed by atoms with Gasteiger partial charge < -0.3 is 4.90 Å². The highest BCUT2D eigenvalue weighted by Crippen LogP contribution is 2.09. The maximum absolute atomic E-state index is 11.5. The van der Waals surface area contributed by atoms with Crippen molar-refractivity contribution in [3.63, 3.8) is 0 Å². The van der Waals surface area contributed by atoms with E-state index in [9.17, 15) is 4.79 Å². The summed E-state index contributed by atoms with van der Waals surface area (Å²) in [6, 6.07) is 2.04. The zero-order valence-corrected chi connectivity index (χ0v) is 9.77. The van der Waals surface area contributed by atoms with Gasteiger partial charge in [0.15, 0.2) is 0 Å². The molecular formula is C10H14ClNOS. The van der Waals surface area contributed by atoms with Crippen LogP contribution in [0.25, 0.3) is 0 Å². The lowest BCUT2D eigenvalue weighted by molar-refractivity contribution is -0.130.